The molecule has 0 bridgehead atoms. The molecular weight excluding hydrogens is 132 g/mol. The highest BCUT2D eigenvalue weighted by molar-refractivity contribution is 7.10. The summed E-state index contributed by atoms with van der Waals surface area (Å²) in [6.07, 6.45) is 1.85. The van der Waals surface area contributed by atoms with Gasteiger partial charge in [-0.2, -0.15) is 0 Å². The van der Waals surface area contributed by atoms with Gasteiger partial charge in [-0.1, -0.05) is 0 Å². The third-order valence-electron chi connectivity index (χ3n) is 1.77. The quantitative estimate of drug-likeness (QED) is 0.582. The number of aliphatic hydroxyl groups is 1. The van der Waals surface area contributed by atoms with E-state index in [1.54, 1.807) is 11.3 Å². The fraction of sp³-hybridized carbons (Fsp3) is 0.429. The van der Waals surface area contributed by atoms with Crippen LogP contribution in [0.1, 0.15) is 23.0 Å². The molecule has 1 aliphatic carbocycles. The van der Waals surface area contributed by atoms with Crippen LogP contribution < -0.4 is 0 Å². The van der Waals surface area contributed by atoms with Gasteiger partial charge in [0.2, 0.25) is 0 Å². The first-order chi connectivity index (χ1) is 4.38. The van der Waals surface area contributed by atoms with Crippen LogP contribution in [-0.4, -0.2) is 5.11 Å². The average molecular weight is 140 g/mol. The molecule has 0 spiro atoms. The number of rotatable bonds is 0. The smallest absolute Gasteiger partial charge is 0.0887 e. The first-order valence-electron chi connectivity index (χ1n) is 3.12. The minimum absolute atomic E-state index is 0.153. The minimum Gasteiger partial charge on any atom is -0.388 e. The largest absolute Gasteiger partial charge is 0.388 e. The molecule has 0 saturated heterocycles. The molecule has 0 radical (unpaired) electrons. The SMILES string of the molecule is O[C@H]1CCc2ccsc21. The summed E-state index contributed by atoms with van der Waals surface area (Å²) in [5.74, 6) is 0. The Morgan fingerprint density at radius 3 is 3.33 bits per heavy atom. The van der Waals surface area contributed by atoms with Gasteiger partial charge in [0.05, 0.1) is 6.10 Å². The molecule has 0 unspecified atom stereocenters. The van der Waals surface area contributed by atoms with Gasteiger partial charge in [-0.05, 0) is 29.9 Å². The molecule has 48 valence electrons. The highest BCUT2D eigenvalue weighted by Crippen LogP contribution is 2.34. The van der Waals surface area contributed by atoms with E-state index in [2.05, 4.69) is 6.07 Å². The summed E-state index contributed by atoms with van der Waals surface area (Å²) in [5.41, 5.74) is 1.35. The molecule has 1 aromatic heterocycles. The average Bonchev–Trinajstić information content (AvgIpc) is 2.35. The maximum Gasteiger partial charge on any atom is 0.0887 e. The Balaban J connectivity index is 2.49. The second kappa shape index (κ2) is 1.82. The highest BCUT2D eigenvalue weighted by atomic mass is 32.1. The minimum atomic E-state index is -0.153. The summed E-state index contributed by atoms with van der Waals surface area (Å²) in [6.45, 7) is 0. The highest BCUT2D eigenvalue weighted by Gasteiger charge is 2.20. The van der Waals surface area contributed by atoms with E-state index in [4.69, 9.17) is 0 Å². The first-order valence-corrected chi connectivity index (χ1v) is 4.00. The van der Waals surface area contributed by atoms with Gasteiger partial charge in [0.15, 0.2) is 0 Å². The van der Waals surface area contributed by atoms with Crippen LogP contribution in [0.2, 0.25) is 0 Å². The van der Waals surface area contributed by atoms with Crippen molar-refractivity contribution in [2.75, 3.05) is 0 Å². The summed E-state index contributed by atoms with van der Waals surface area (Å²) in [6, 6.07) is 2.11. The zero-order chi connectivity index (χ0) is 6.27. The third kappa shape index (κ3) is 0.705. The molecule has 2 heteroatoms. The van der Waals surface area contributed by atoms with Gasteiger partial charge in [0.1, 0.15) is 0 Å². The molecule has 1 aliphatic rings. The van der Waals surface area contributed by atoms with E-state index < -0.39 is 0 Å². The molecule has 0 saturated carbocycles. The molecule has 1 atom stereocenters. The van der Waals surface area contributed by atoms with Crippen LogP contribution in [0.4, 0.5) is 0 Å². The van der Waals surface area contributed by atoms with Gasteiger partial charge >= 0.3 is 0 Å². The third-order valence-corrected chi connectivity index (χ3v) is 2.83. The molecule has 1 aromatic rings. The second-order valence-corrected chi connectivity index (χ2v) is 3.31. The van der Waals surface area contributed by atoms with Crippen LogP contribution in [0.3, 0.4) is 0 Å². The molecule has 2 rings (SSSR count). The Kier molecular flexibility index (Phi) is 1.10. The van der Waals surface area contributed by atoms with Crippen molar-refractivity contribution in [2.24, 2.45) is 0 Å². The zero-order valence-electron chi connectivity index (χ0n) is 5.00. The lowest BCUT2D eigenvalue weighted by Gasteiger charge is -1.95. The van der Waals surface area contributed by atoms with Crippen molar-refractivity contribution in [3.63, 3.8) is 0 Å². The van der Waals surface area contributed by atoms with Crippen LogP contribution in [-0.2, 0) is 6.42 Å². The Hall–Kier alpha value is -0.340. The number of hydrogen-bond donors (Lipinski definition) is 1. The lowest BCUT2D eigenvalue weighted by atomic mass is 10.3. The van der Waals surface area contributed by atoms with Crippen LogP contribution in [0.5, 0.6) is 0 Å². The molecular formula is C7H8OS. The number of thiophene rings is 1. The molecule has 0 fully saturated rings. The van der Waals surface area contributed by atoms with Gasteiger partial charge in [0.25, 0.3) is 0 Å². The maximum absolute atomic E-state index is 9.28. The van der Waals surface area contributed by atoms with Crippen molar-refractivity contribution in [1.29, 1.82) is 0 Å². The fourth-order valence-corrected chi connectivity index (χ4v) is 2.25. The van der Waals surface area contributed by atoms with Crippen molar-refractivity contribution in [1.82, 2.24) is 0 Å². The lowest BCUT2D eigenvalue weighted by molar-refractivity contribution is 0.183. The van der Waals surface area contributed by atoms with E-state index >= 15 is 0 Å². The van der Waals surface area contributed by atoms with E-state index in [0.29, 0.717) is 0 Å². The second-order valence-electron chi connectivity index (χ2n) is 2.36. The van der Waals surface area contributed by atoms with Crippen molar-refractivity contribution in [3.05, 3.63) is 21.9 Å². The molecule has 1 heterocycles. The van der Waals surface area contributed by atoms with Gasteiger partial charge in [-0.25, -0.2) is 0 Å². The van der Waals surface area contributed by atoms with E-state index in [-0.39, 0.29) is 6.10 Å². The van der Waals surface area contributed by atoms with Crippen molar-refractivity contribution in [2.45, 2.75) is 18.9 Å². The standard InChI is InChI=1S/C7H8OS/c8-6-2-1-5-3-4-9-7(5)6/h3-4,6,8H,1-2H2/t6-/m0/s1. The zero-order valence-corrected chi connectivity index (χ0v) is 5.82. The molecule has 0 aromatic carbocycles. The summed E-state index contributed by atoms with van der Waals surface area (Å²) >= 11 is 1.67. The van der Waals surface area contributed by atoms with Crippen LogP contribution in [0.15, 0.2) is 11.4 Å². The number of aryl methyl sites for hydroxylation is 1. The summed E-state index contributed by atoms with van der Waals surface area (Å²) in [4.78, 5) is 1.19. The Morgan fingerprint density at radius 2 is 2.56 bits per heavy atom. The topological polar surface area (TPSA) is 20.2 Å². The molecule has 1 nitrogen and oxygen atoms in total. The lowest BCUT2D eigenvalue weighted by Crippen LogP contribution is -1.84. The van der Waals surface area contributed by atoms with Crippen molar-refractivity contribution in [3.8, 4) is 0 Å². The van der Waals surface area contributed by atoms with Gasteiger partial charge in [-0.15, -0.1) is 11.3 Å². The normalized spacial score (nSPS) is 24.3. The van der Waals surface area contributed by atoms with E-state index in [1.807, 2.05) is 5.38 Å². The molecule has 0 aliphatic heterocycles. The predicted molar refractivity (Wildman–Crippen MR) is 37.6 cm³/mol. The fourth-order valence-electron chi connectivity index (χ4n) is 1.27. The monoisotopic (exact) mass is 140 g/mol. The van der Waals surface area contributed by atoms with E-state index in [1.165, 1.54) is 10.4 Å². The van der Waals surface area contributed by atoms with Crippen molar-refractivity contribution < 1.29 is 5.11 Å². The van der Waals surface area contributed by atoms with Crippen LogP contribution in [0, 0.1) is 0 Å². The Labute approximate surface area is 58.0 Å². The first kappa shape index (κ1) is 5.45. The van der Waals surface area contributed by atoms with Gasteiger partial charge in [-0.3, -0.25) is 0 Å². The van der Waals surface area contributed by atoms with E-state index in [0.717, 1.165) is 12.8 Å². The van der Waals surface area contributed by atoms with Crippen LogP contribution in [0.25, 0.3) is 0 Å². The van der Waals surface area contributed by atoms with Gasteiger partial charge in [0, 0.05) is 4.88 Å². The van der Waals surface area contributed by atoms with Gasteiger partial charge < -0.3 is 5.11 Å². The molecule has 1 N–H and O–H groups in total. The van der Waals surface area contributed by atoms with E-state index in [9.17, 15) is 5.11 Å². The molecule has 9 heavy (non-hydrogen) atoms. The summed E-state index contributed by atoms with van der Waals surface area (Å²) < 4.78 is 0. The predicted octanol–water partition coefficient (Wildman–Crippen LogP) is 1.73. The number of hydrogen-bond acceptors (Lipinski definition) is 2. The van der Waals surface area contributed by atoms with Crippen molar-refractivity contribution >= 4 is 11.3 Å². The van der Waals surface area contributed by atoms with Crippen LogP contribution >= 0.6 is 11.3 Å². The number of fused-ring (bicyclic) bond motifs is 1. The Morgan fingerprint density at radius 1 is 1.67 bits per heavy atom. The Bertz CT molecular complexity index is 216. The maximum atomic E-state index is 9.28. The molecule has 0 amide bonds. The summed E-state index contributed by atoms with van der Waals surface area (Å²) in [5, 5.41) is 11.3. The summed E-state index contributed by atoms with van der Waals surface area (Å²) in [7, 11) is 0. The number of aliphatic hydroxyl groups excluding tert-OH is 1.